The molecular weight excluding hydrogens is 330 g/mol. The molecule has 1 unspecified atom stereocenters. The molecule has 1 aliphatic rings. The molecule has 1 aromatic carbocycles. The fourth-order valence-electron chi connectivity index (χ4n) is 2.34. The van der Waals surface area contributed by atoms with Gasteiger partial charge in [0.1, 0.15) is 4.90 Å². The summed E-state index contributed by atoms with van der Waals surface area (Å²) in [7, 11) is -1.54. The summed E-state index contributed by atoms with van der Waals surface area (Å²) in [6.07, 6.45) is 0. The van der Waals surface area contributed by atoms with Crippen molar-refractivity contribution in [2.75, 3.05) is 32.4 Å². The normalized spacial score (nSPS) is 22.6. The SMILES string of the molecule is CC1CN(C)CCN1S(=O)(=O)c1cc(Br)ccc1N. The molecule has 0 aliphatic carbocycles. The molecule has 1 atom stereocenters. The van der Waals surface area contributed by atoms with Gasteiger partial charge >= 0.3 is 0 Å². The average Bonchev–Trinajstić information content (AvgIpc) is 2.31. The molecule has 1 aliphatic heterocycles. The Labute approximate surface area is 122 Å². The molecule has 19 heavy (non-hydrogen) atoms. The minimum atomic E-state index is -3.54. The smallest absolute Gasteiger partial charge is 0.245 e. The third kappa shape index (κ3) is 2.94. The van der Waals surface area contributed by atoms with Crippen LogP contribution in [0, 0.1) is 0 Å². The van der Waals surface area contributed by atoms with E-state index in [0.29, 0.717) is 11.0 Å². The van der Waals surface area contributed by atoms with Crippen molar-refractivity contribution in [3.63, 3.8) is 0 Å². The molecule has 1 fully saturated rings. The van der Waals surface area contributed by atoms with Gasteiger partial charge in [-0.25, -0.2) is 8.42 Å². The molecule has 0 amide bonds. The van der Waals surface area contributed by atoms with E-state index in [1.807, 2.05) is 14.0 Å². The van der Waals surface area contributed by atoms with Gasteiger partial charge in [0.2, 0.25) is 10.0 Å². The standard InChI is InChI=1S/C12H18BrN3O2S/c1-9-8-15(2)5-6-16(9)19(17,18)12-7-10(13)3-4-11(12)14/h3-4,7,9H,5-6,8,14H2,1-2H3. The number of piperazine rings is 1. The molecule has 5 nitrogen and oxygen atoms in total. The predicted octanol–water partition coefficient (Wildman–Crippen LogP) is 1.36. The number of nitrogens with zero attached hydrogens (tertiary/aromatic N) is 2. The van der Waals surface area contributed by atoms with E-state index in [4.69, 9.17) is 5.73 Å². The number of halogens is 1. The molecule has 2 rings (SSSR count). The van der Waals surface area contributed by atoms with Gasteiger partial charge < -0.3 is 10.6 Å². The van der Waals surface area contributed by atoms with Crippen LogP contribution in [-0.2, 0) is 10.0 Å². The third-order valence-electron chi connectivity index (χ3n) is 3.33. The Kier molecular flexibility index (Phi) is 4.20. The van der Waals surface area contributed by atoms with Gasteiger partial charge in [-0.05, 0) is 32.2 Å². The van der Waals surface area contributed by atoms with Crippen molar-refractivity contribution in [2.45, 2.75) is 17.9 Å². The molecule has 0 bridgehead atoms. The van der Waals surface area contributed by atoms with Crippen molar-refractivity contribution in [1.29, 1.82) is 0 Å². The van der Waals surface area contributed by atoms with Crippen molar-refractivity contribution in [3.8, 4) is 0 Å². The Hall–Kier alpha value is -0.630. The van der Waals surface area contributed by atoms with Crippen LogP contribution in [0.5, 0.6) is 0 Å². The minimum absolute atomic E-state index is 0.0536. The van der Waals surface area contributed by atoms with Crippen LogP contribution in [0.25, 0.3) is 0 Å². The number of anilines is 1. The van der Waals surface area contributed by atoms with Gasteiger partial charge in [0.25, 0.3) is 0 Å². The number of hydrogen-bond donors (Lipinski definition) is 1. The van der Waals surface area contributed by atoms with Gasteiger partial charge in [0, 0.05) is 30.1 Å². The number of sulfonamides is 1. The molecule has 0 aromatic heterocycles. The maximum Gasteiger partial charge on any atom is 0.245 e. The van der Waals surface area contributed by atoms with Crippen LogP contribution in [0.2, 0.25) is 0 Å². The van der Waals surface area contributed by atoms with Gasteiger partial charge in [-0.1, -0.05) is 15.9 Å². The first-order valence-corrected chi connectivity index (χ1v) is 8.31. The summed E-state index contributed by atoms with van der Waals surface area (Å²) in [6.45, 7) is 3.87. The summed E-state index contributed by atoms with van der Waals surface area (Å²) >= 11 is 3.29. The summed E-state index contributed by atoms with van der Waals surface area (Å²) in [6, 6.07) is 4.86. The molecule has 0 spiro atoms. The highest BCUT2D eigenvalue weighted by Crippen LogP contribution is 2.28. The molecule has 0 radical (unpaired) electrons. The molecule has 1 aromatic rings. The number of likely N-dealkylation sites (N-methyl/N-ethyl adjacent to an activating group) is 1. The van der Waals surface area contributed by atoms with Crippen molar-refractivity contribution >= 4 is 31.6 Å². The molecule has 2 N–H and O–H groups in total. The largest absolute Gasteiger partial charge is 0.398 e. The van der Waals surface area contributed by atoms with Crippen molar-refractivity contribution < 1.29 is 8.42 Å². The zero-order valence-electron chi connectivity index (χ0n) is 11.0. The number of hydrogen-bond acceptors (Lipinski definition) is 4. The number of nitrogen functional groups attached to an aromatic ring is 1. The van der Waals surface area contributed by atoms with E-state index in [0.717, 1.165) is 13.1 Å². The fraction of sp³-hybridized carbons (Fsp3) is 0.500. The summed E-state index contributed by atoms with van der Waals surface area (Å²) < 4.78 is 27.6. The van der Waals surface area contributed by atoms with Crippen LogP contribution < -0.4 is 5.73 Å². The summed E-state index contributed by atoms with van der Waals surface area (Å²) in [5.41, 5.74) is 6.10. The van der Waals surface area contributed by atoms with Gasteiger partial charge in [-0.2, -0.15) is 4.31 Å². The zero-order chi connectivity index (χ0) is 14.2. The summed E-state index contributed by atoms with van der Waals surface area (Å²) in [4.78, 5) is 2.30. The highest BCUT2D eigenvalue weighted by Gasteiger charge is 2.33. The fourth-order valence-corrected chi connectivity index (χ4v) is 4.61. The monoisotopic (exact) mass is 347 g/mol. The van der Waals surface area contributed by atoms with E-state index in [-0.39, 0.29) is 16.6 Å². The van der Waals surface area contributed by atoms with E-state index in [1.54, 1.807) is 18.2 Å². The first-order chi connectivity index (χ1) is 8.82. The highest BCUT2D eigenvalue weighted by molar-refractivity contribution is 9.10. The topological polar surface area (TPSA) is 66.6 Å². The first-order valence-electron chi connectivity index (χ1n) is 6.08. The summed E-state index contributed by atoms with van der Waals surface area (Å²) in [5.74, 6) is 0. The van der Waals surface area contributed by atoms with Crippen LogP contribution in [-0.4, -0.2) is 50.3 Å². The van der Waals surface area contributed by atoms with Crippen LogP contribution >= 0.6 is 15.9 Å². The molecule has 1 saturated heterocycles. The lowest BCUT2D eigenvalue weighted by atomic mass is 10.2. The second-order valence-corrected chi connectivity index (χ2v) is 7.68. The summed E-state index contributed by atoms with van der Waals surface area (Å²) in [5, 5.41) is 0. The van der Waals surface area contributed by atoms with E-state index in [1.165, 1.54) is 4.31 Å². The lowest BCUT2D eigenvalue weighted by Crippen LogP contribution is -2.52. The van der Waals surface area contributed by atoms with Crippen molar-refractivity contribution in [2.24, 2.45) is 0 Å². The van der Waals surface area contributed by atoms with Crippen molar-refractivity contribution in [1.82, 2.24) is 9.21 Å². The molecule has 106 valence electrons. The van der Waals surface area contributed by atoms with Gasteiger partial charge in [-0.3, -0.25) is 0 Å². The highest BCUT2D eigenvalue weighted by atomic mass is 79.9. The minimum Gasteiger partial charge on any atom is -0.398 e. The van der Waals surface area contributed by atoms with Gasteiger partial charge in [0.05, 0.1) is 5.69 Å². The van der Waals surface area contributed by atoms with E-state index >= 15 is 0 Å². The number of rotatable bonds is 2. The lowest BCUT2D eigenvalue weighted by molar-refractivity contribution is 0.170. The Morgan fingerprint density at radius 1 is 1.37 bits per heavy atom. The van der Waals surface area contributed by atoms with E-state index in [9.17, 15) is 8.42 Å². The maximum atomic E-state index is 12.7. The third-order valence-corrected chi connectivity index (χ3v) is 5.89. The molecule has 1 heterocycles. The lowest BCUT2D eigenvalue weighted by Gasteiger charge is -2.37. The number of benzene rings is 1. The Morgan fingerprint density at radius 2 is 2.05 bits per heavy atom. The Bertz CT molecular complexity index is 576. The predicted molar refractivity (Wildman–Crippen MR) is 79.4 cm³/mol. The first kappa shape index (κ1) is 14.8. The van der Waals surface area contributed by atoms with Gasteiger partial charge in [0.15, 0.2) is 0 Å². The van der Waals surface area contributed by atoms with Crippen molar-refractivity contribution in [3.05, 3.63) is 22.7 Å². The zero-order valence-corrected chi connectivity index (χ0v) is 13.4. The second-order valence-electron chi connectivity index (χ2n) is 4.91. The van der Waals surface area contributed by atoms with Crippen LogP contribution in [0.1, 0.15) is 6.92 Å². The van der Waals surface area contributed by atoms with Crippen LogP contribution in [0.4, 0.5) is 5.69 Å². The molecular formula is C12H18BrN3O2S. The molecule has 0 saturated carbocycles. The van der Waals surface area contributed by atoms with Gasteiger partial charge in [-0.15, -0.1) is 0 Å². The molecule has 7 heteroatoms. The second kappa shape index (κ2) is 5.40. The number of nitrogens with two attached hydrogens (primary N) is 1. The Morgan fingerprint density at radius 3 is 2.68 bits per heavy atom. The Balaban J connectivity index is 2.39. The van der Waals surface area contributed by atoms with Crippen LogP contribution in [0.15, 0.2) is 27.6 Å². The van der Waals surface area contributed by atoms with E-state index in [2.05, 4.69) is 20.8 Å². The quantitative estimate of drug-likeness (QED) is 0.820. The van der Waals surface area contributed by atoms with E-state index < -0.39 is 10.0 Å². The average molecular weight is 348 g/mol. The van der Waals surface area contributed by atoms with Crippen LogP contribution in [0.3, 0.4) is 0 Å². The maximum absolute atomic E-state index is 12.7.